The third-order valence-electron chi connectivity index (χ3n) is 0.922. The van der Waals surface area contributed by atoms with Crippen molar-refractivity contribution in [1.82, 2.24) is 0 Å². The van der Waals surface area contributed by atoms with Gasteiger partial charge in [-0.15, -0.1) is 11.3 Å². The zero-order valence-corrected chi connectivity index (χ0v) is 5.49. The summed E-state index contributed by atoms with van der Waals surface area (Å²) in [5, 5.41) is 3.89. The molecule has 1 nitrogen and oxygen atoms in total. The first-order valence-electron chi connectivity index (χ1n) is 2.26. The molecule has 0 spiro atoms. The molecule has 0 saturated heterocycles. The van der Waals surface area contributed by atoms with Crippen molar-refractivity contribution >= 4 is 11.3 Å². The monoisotopic (exact) mass is 127 g/mol. The molecule has 0 aromatic carbocycles. The Kier molecular flexibility index (Phi) is 1.53. The molecule has 1 radical (unpaired) electrons. The normalized spacial score (nSPS) is 9.25. The molecule has 43 valence electrons. The number of ether oxygens (including phenoxy) is 1. The van der Waals surface area contributed by atoms with Gasteiger partial charge in [-0.3, -0.25) is 0 Å². The van der Waals surface area contributed by atoms with Crippen LogP contribution >= 0.6 is 11.3 Å². The van der Waals surface area contributed by atoms with Crippen LogP contribution in [0.5, 0.6) is 5.75 Å². The maximum Gasteiger partial charge on any atom is 0.132 e. The molecule has 0 bridgehead atoms. The Morgan fingerprint density at radius 1 is 1.62 bits per heavy atom. The van der Waals surface area contributed by atoms with E-state index in [1.165, 1.54) is 0 Å². The summed E-state index contributed by atoms with van der Waals surface area (Å²) in [6.45, 7) is 3.74. The number of hydrogen-bond donors (Lipinski definition) is 0. The van der Waals surface area contributed by atoms with Crippen molar-refractivity contribution in [2.45, 2.75) is 0 Å². The van der Waals surface area contributed by atoms with E-state index in [2.05, 4.69) is 6.92 Å². The van der Waals surface area contributed by atoms with E-state index in [4.69, 9.17) is 4.74 Å². The summed E-state index contributed by atoms with van der Waals surface area (Å²) in [5.74, 6) is 0.884. The van der Waals surface area contributed by atoms with Crippen molar-refractivity contribution in [2.24, 2.45) is 0 Å². The molecule has 1 heterocycles. The smallest absolute Gasteiger partial charge is 0.132 e. The van der Waals surface area contributed by atoms with Crippen molar-refractivity contribution < 1.29 is 4.74 Å². The van der Waals surface area contributed by atoms with Crippen molar-refractivity contribution in [3.8, 4) is 5.75 Å². The van der Waals surface area contributed by atoms with E-state index >= 15 is 0 Å². The number of methoxy groups -OCH3 is 1. The molecule has 0 N–H and O–H groups in total. The molecule has 0 aliphatic rings. The minimum atomic E-state index is 0.884. The Hall–Kier alpha value is -0.500. The first-order valence-corrected chi connectivity index (χ1v) is 3.21. The van der Waals surface area contributed by atoms with E-state index in [0.29, 0.717) is 0 Å². The predicted molar refractivity (Wildman–Crippen MR) is 35.3 cm³/mol. The van der Waals surface area contributed by atoms with E-state index in [9.17, 15) is 0 Å². The van der Waals surface area contributed by atoms with Crippen LogP contribution < -0.4 is 4.74 Å². The van der Waals surface area contributed by atoms with Gasteiger partial charge in [-0.1, -0.05) is 0 Å². The van der Waals surface area contributed by atoms with Gasteiger partial charge in [0.15, 0.2) is 0 Å². The quantitative estimate of drug-likeness (QED) is 0.560. The van der Waals surface area contributed by atoms with Crippen molar-refractivity contribution in [2.75, 3.05) is 7.11 Å². The molecular formula is C6H7OS. The summed E-state index contributed by atoms with van der Waals surface area (Å²) >= 11 is 1.60. The van der Waals surface area contributed by atoms with Crippen LogP contribution in [-0.4, -0.2) is 7.11 Å². The Bertz CT molecular complexity index is 169. The molecule has 0 aliphatic heterocycles. The van der Waals surface area contributed by atoms with Crippen LogP contribution in [0, 0.1) is 6.92 Å². The van der Waals surface area contributed by atoms with Crippen molar-refractivity contribution in [3.05, 3.63) is 23.2 Å². The molecule has 0 aliphatic carbocycles. The molecular weight excluding hydrogens is 120 g/mol. The highest BCUT2D eigenvalue weighted by Gasteiger charge is 1.94. The SMILES string of the molecule is [CH2]c1cscc1OC. The van der Waals surface area contributed by atoms with Gasteiger partial charge in [0.05, 0.1) is 7.11 Å². The van der Waals surface area contributed by atoms with Crippen molar-refractivity contribution in [3.63, 3.8) is 0 Å². The molecule has 0 unspecified atom stereocenters. The molecule has 1 rings (SSSR count). The maximum absolute atomic E-state index is 4.93. The van der Waals surface area contributed by atoms with Crippen LogP contribution in [0.2, 0.25) is 0 Å². The van der Waals surface area contributed by atoms with E-state index in [-0.39, 0.29) is 0 Å². The standard InChI is InChI=1S/C6H7OS/c1-5-3-8-4-6(5)7-2/h3-4H,1H2,2H3. The summed E-state index contributed by atoms with van der Waals surface area (Å²) in [5.41, 5.74) is 0.970. The third kappa shape index (κ3) is 0.842. The molecule has 1 aromatic heterocycles. The van der Waals surface area contributed by atoms with Crippen LogP contribution in [0.3, 0.4) is 0 Å². The minimum Gasteiger partial charge on any atom is -0.496 e. The Labute approximate surface area is 52.9 Å². The Morgan fingerprint density at radius 3 is 2.62 bits per heavy atom. The zero-order chi connectivity index (χ0) is 5.98. The summed E-state index contributed by atoms with van der Waals surface area (Å²) in [4.78, 5) is 0. The fraction of sp³-hybridized carbons (Fsp3) is 0.167. The Balaban J connectivity index is 2.92. The van der Waals surface area contributed by atoms with Gasteiger partial charge in [-0.25, -0.2) is 0 Å². The summed E-state index contributed by atoms with van der Waals surface area (Å²) in [7, 11) is 1.65. The highest BCUT2D eigenvalue weighted by atomic mass is 32.1. The molecule has 2 heteroatoms. The molecule has 0 saturated carbocycles. The second-order valence-electron chi connectivity index (χ2n) is 1.47. The van der Waals surface area contributed by atoms with Crippen LogP contribution in [-0.2, 0) is 0 Å². The Morgan fingerprint density at radius 2 is 2.38 bits per heavy atom. The van der Waals surface area contributed by atoms with Gasteiger partial charge in [0.2, 0.25) is 0 Å². The number of thiophene rings is 1. The summed E-state index contributed by atoms with van der Waals surface area (Å²) < 4.78 is 4.93. The van der Waals surface area contributed by atoms with E-state index in [0.717, 1.165) is 11.3 Å². The molecule has 0 amide bonds. The third-order valence-corrected chi connectivity index (χ3v) is 1.69. The van der Waals surface area contributed by atoms with Crippen LogP contribution in [0.25, 0.3) is 0 Å². The van der Waals surface area contributed by atoms with Crippen LogP contribution in [0.1, 0.15) is 5.56 Å². The van der Waals surface area contributed by atoms with E-state index in [1.54, 1.807) is 18.4 Å². The van der Waals surface area contributed by atoms with Gasteiger partial charge < -0.3 is 4.74 Å². The second-order valence-corrected chi connectivity index (χ2v) is 2.21. The van der Waals surface area contributed by atoms with Crippen LogP contribution in [0.15, 0.2) is 10.8 Å². The fourth-order valence-electron chi connectivity index (χ4n) is 0.491. The lowest BCUT2D eigenvalue weighted by molar-refractivity contribution is 0.415. The first-order chi connectivity index (χ1) is 3.84. The van der Waals surface area contributed by atoms with Crippen molar-refractivity contribution in [1.29, 1.82) is 0 Å². The average Bonchev–Trinajstić information content (AvgIpc) is 2.14. The lowest BCUT2D eigenvalue weighted by Crippen LogP contribution is -1.79. The topological polar surface area (TPSA) is 9.23 Å². The van der Waals surface area contributed by atoms with Gasteiger partial charge in [0, 0.05) is 10.9 Å². The second kappa shape index (κ2) is 2.18. The first kappa shape index (κ1) is 5.63. The lowest BCUT2D eigenvalue weighted by Gasteiger charge is -1.92. The highest BCUT2D eigenvalue weighted by Crippen LogP contribution is 2.20. The van der Waals surface area contributed by atoms with Gasteiger partial charge in [0.1, 0.15) is 5.75 Å². The molecule has 1 aromatic rings. The van der Waals surface area contributed by atoms with Gasteiger partial charge in [0.25, 0.3) is 0 Å². The van der Waals surface area contributed by atoms with E-state index < -0.39 is 0 Å². The average molecular weight is 127 g/mol. The largest absolute Gasteiger partial charge is 0.496 e. The molecule has 0 atom stereocenters. The molecule has 0 fully saturated rings. The molecule has 8 heavy (non-hydrogen) atoms. The predicted octanol–water partition coefficient (Wildman–Crippen LogP) is 1.94. The lowest BCUT2D eigenvalue weighted by atomic mass is 10.4. The van der Waals surface area contributed by atoms with Gasteiger partial charge in [-0.05, 0) is 12.3 Å². The summed E-state index contributed by atoms with van der Waals surface area (Å²) in [6.07, 6.45) is 0. The minimum absolute atomic E-state index is 0.884. The van der Waals surface area contributed by atoms with Gasteiger partial charge in [-0.2, -0.15) is 0 Å². The number of rotatable bonds is 1. The van der Waals surface area contributed by atoms with Gasteiger partial charge >= 0.3 is 0 Å². The summed E-state index contributed by atoms with van der Waals surface area (Å²) in [6, 6.07) is 0. The highest BCUT2D eigenvalue weighted by molar-refractivity contribution is 7.08. The van der Waals surface area contributed by atoms with Crippen LogP contribution in [0.4, 0.5) is 0 Å². The maximum atomic E-state index is 4.93. The zero-order valence-electron chi connectivity index (χ0n) is 4.68. The number of hydrogen-bond acceptors (Lipinski definition) is 2. The fourth-order valence-corrected chi connectivity index (χ4v) is 1.21. The van der Waals surface area contributed by atoms with E-state index in [1.807, 2.05) is 10.8 Å².